The Morgan fingerprint density at radius 3 is 2.67 bits per heavy atom. The minimum absolute atomic E-state index is 0.0171. The Morgan fingerprint density at radius 2 is 1.97 bits per heavy atom. The highest BCUT2D eigenvalue weighted by Gasteiger charge is 2.23. The summed E-state index contributed by atoms with van der Waals surface area (Å²) < 4.78 is 10.2. The lowest BCUT2D eigenvalue weighted by Crippen LogP contribution is -2.45. The summed E-state index contributed by atoms with van der Waals surface area (Å²) in [6.07, 6.45) is 2.41. The van der Waals surface area contributed by atoms with Gasteiger partial charge in [0.15, 0.2) is 5.82 Å². The molecule has 0 unspecified atom stereocenters. The van der Waals surface area contributed by atoms with E-state index in [-0.39, 0.29) is 25.0 Å². The summed E-state index contributed by atoms with van der Waals surface area (Å²) in [6.45, 7) is 6.54. The molecule has 2 heterocycles. The maximum atomic E-state index is 12.8. The van der Waals surface area contributed by atoms with Crippen molar-refractivity contribution in [3.63, 3.8) is 0 Å². The van der Waals surface area contributed by atoms with Crippen molar-refractivity contribution in [1.29, 1.82) is 0 Å². The van der Waals surface area contributed by atoms with Gasteiger partial charge in [0.05, 0.1) is 12.8 Å². The topological polar surface area (TPSA) is 88.1 Å². The van der Waals surface area contributed by atoms with E-state index in [9.17, 15) is 9.59 Å². The average Bonchev–Trinajstić information content (AvgIpc) is 3.10. The van der Waals surface area contributed by atoms with Gasteiger partial charge >= 0.3 is 0 Å². The zero-order valence-corrected chi connectivity index (χ0v) is 19.3. The maximum absolute atomic E-state index is 12.8. The largest absolute Gasteiger partial charge is 0.497 e. The second-order valence-corrected chi connectivity index (χ2v) is 7.73. The predicted molar refractivity (Wildman–Crippen MR) is 126 cm³/mol. The van der Waals surface area contributed by atoms with E-state index in [1.165, 1.54) is 12.0 Å². The van der Waals surface area contributed by atoms with Crippen LogP contribution in [0.25, 0.3) is 11.3 Å². The Labute approximate surface area is 194 Å². The second kappa shape index (κ2) is 12.0. The molecule has 9 nitrogen and oxygen atoms in total. The van der Waals surface area contributed by atoms with E-state index in [0.717, 1.165) is 35.8 Å². The first-order valence-corrected chi connectivity index (χ1v) is 10.9. The highest BCUT2D eigenvalue weighted by Crippen LogP contribution is 2.23. The number of ether oxygens (including phenoxy) is 2. The van der Waals surface area contributed by atoms with Crippen LogP contribution in [0.5, 0.6) is 5.75 Å². The van der Waals surface area contributed by atoms with E-state index < -0.39 is 0 Å². The minimum Gasteiger partial charge on any atom is -0.497 e. The summed E-state index contributed by atoms with van der Waals surface area (Å²) in [5, 5.41) is 8.80. The smallest absolute Gasteiger partial charge is 0.249 e. The molecule has 33 heavy (non-hydrogen) atoms. The van der Waals surface area contributed by atoms with Crippen LogP contribution in [0.1, 0.15) is 6.42 Å². The number of hydrogen-bond acceptors (Lipinski definition) is 7. The summed E-state index contributed by atoms with van der Waals surface area (Å²) in [5.74, 6) is 1.24. The van der Waals surface area contributed by atoms with Crippen LogP contribution in [0.3, 0.4) is 0 Å². The molecule has 0 radical (unpaired) electrons. The second-order valence-electron chi connectivity index (χ2n) is 7.73. The van der Waals surface area contributed by atoms with Crippen molar-refractivity contribution in [2.45, 2.75) is 6.42 Å². The molecule has 0 atom stereocenters. The Hall–Kier alpha value is -3.46. The first kappa shape index (κ1) is 24.2. The summed E-state index contributed by atoms with van der Waals surface area (Å²) in [5.41, 5.74) is 1.71. The first-order valence-electron chi connectivity index (χ1n) is 10.9. The lowest BCUT2D eigenvalue weighted by atomic mass is 10.1. The van der Waals surface area contributed by atoms with E-state index in [0.29, 0.717) is 26.2 Å². The van der Waals surface area contributed by atoms with Gasteiger partial charge in [-0.3, -0.25) is 9.59 Å². The molecule has 1 aliphatic heterocycles. The quantitative estimate of drug-likeness (QED) is 0.536. The van der Waals surface area contributed by atoms with Crippen LogP contribution >= 0.6 is 0 Å². The normalized spacial score (nSPS) is 13.9. The maximum Gasteiger partial charge on any atom is 0.249 e. The number of carbonyl (C=O) groups excluding carboxylic acids is 2. The molecule has 3 rings (SSSR count). The number of nitrogens with zero attached hydrogens (tertiary/aromatic N) is 5. The molecule has 9 heteroatoms. The van der Waals surface area contributed by atoms with Crippen LogP contribution in [0.15, 0.2) is 49.1 Å². The lowest BCUT2D eigenvalue weighted by molar-refractivity contribution is -0.142. The van der Waals surface area contributed by atoms with Crippen molar-refractivity contribution >= 4 is 17.6 Å². The molecule has 1 aromatic heterocycles. The van der Waals surface area contributed by atoms with E-state index in [1.807, 2.05) is 36.4 Å². The van der Waals surface area contributed by atoms with Gasteiger partial charge in [0.25, 0.3) is 0 Å². The summed E-state index contributed by atoms with van der Waals surface area (Å²) in [4.78, 5) is 30.4. The molecular weight excluding hydrogens is 422 g/mol. The highest BCUT2D eigenvalue weighted by atomic mass is 16.5. The standard InChI is InChI=1S/C24H31N5O4/c1-4-11-29(24(31)18-32-2)17-23(30)28-13-6-12-27(14-15-28)22-10-9-21(25-26-22)19-7-5-8-20(16-19)33-3/h4-5,7-10,16H,1,6,11-15,17-18H2,2-3H3. The number of benzene rings is 1. The summed E-state index contributed by atoms with van der Waals surface area (Å²) in [6, 6.07) is 11.6. The monoisotopic (exact) mass is 453 g/mol. The van der Waals surface area contributed by atoms with Crippen LogP contribution in [0.2, 0.25) is 0 Å². The van der Waals surface area contributed by atoms with E-state index in [1.54, 1.807) is 18.1 Å². The van der Waals surface area contributed by atoms with Crippen molar-refractivity contribution in [1.82, 2.24) is 20.0 Å². The molecule has 0 N–H and O–H groups in total. The molecule has 2 amide bonds. The number of carbonyl (C=O) groups is 2. The van der Waals surface area contributed by atoms with E-state index in [2.05, 4.69) is 21.7 Å². The number of methoxy groups -OCH3 is 2. The third kappa shape index (κ3) is 6.52. The fraction of sp³-hybridized carbons (Fsp3) is 0.417. The minimum atomic E-state index is -0.228. The molecule has 1 aromatic carbocycles. The molecule has 0 bridgehead atoms. The van der Waals surface area contributed by atoms with E-state index in [4.69, 9.17) is 9.47 Å². The molecule has 1 saturated heterocycles. The van der Waals surface area contributed by atoms with Gasteiger partial charge in [0.2, 0.25) is 11.8 Å². The third-order valence-corrected chi connectivity index (χ3v) is 5.48. The van der Waals surface area contributed by atoms with Crippen LogP contribution in [0, 0.1) is 0 Å². The summed E-state index contributed by atoms with van der Waals surface area (Å²) >= 11 is 0. The molecule has 176 valence electrons. The molecule has 1 fully saturated rings. The van der Waals surface area contributed by atoms with Crippen molar-refractivity contribution in [3.05, 3.63) is 49.1 Å². The Bertz CT molecular complexity index is 950. The Kier molecular flexibility index (Phi) is 8.77. The third-order valence-electron chi connectivity index (χ3n) is 5.48. The molecule has 0 saturated carbocycles. The van der Waals surface area contributed by atoms with Gasteiger partial charge in [-0.1, -0.05) is 18.2 Å². The highest BCUT2D eigenvalue weighted by molar-refractivity contribution is 5.85. The fourth-order valence-electron chi connectivity index (χ4n) is 3.71. The fourth-order valence-corrected chi connectivity index (χ4v) is 3.71. The molecular formula is C24H31N5O4. The van der Waals surface area contributed by atoms with Crippen molar-refractivity contribution < 1.29 is 19.1 Å². The number of rotatable bonds is 9. The van der Waals surface area contributed by atoms with Crippen molar-refractivity contribution in [3.8, 4) is 17.0 Å². The van der Waals surface area contributed by atoms with Crippen LogP contribution in [0.4, 0.5) is 5.82 Å². The number of amides is 2. The van der Waals surface area contributed by atoms with Gasteiger partial charge in [-0.15, -0.1) is 16.8 Å². The van der Waals surface area contributed by atoms with Crippen LogP contribution in [-0.2, 0) is 14.3 Å². The van der Waals surface area contributed by atoms with Gasteiger partial charge in [-0.05, 0) is 30.7 Å². The Balaban J connectivity index is 1.60. The molecule has 0 aliphatic carbocycles. The lowest BCUT2D eigenvalue weighted by Gasteiger charge is -2.26. The predicted octanol–water partition coefficient (Wildman–Crippen LogP) is 1.85. The number of aromatic nitrogens is 2. The molecule has 0 spiro atoms. The Morgan fingerprint density at radius 1 is 1.12 bits per heavy atom. The van der Waals surface area contributed by atoms with Gasteiger partial charge in [-0.2, -0.15) is 0 Å². The van der Waals surface area contributed by atoms with Crippen molar-refractivity contribution in [2.24, 2.45) is 0 Å². The van der Waals surface area contributed by atoms with Gasteiger partial charge in [0, 0.05) is 45.4 Å². The number of anilines is 1. The van der Waals surface area contributed by atoms with Gasteiger partial charge in [-0.25, -0.2) is 0 Å². The first-order chi connectivity index (χ1) is 16.0. The van der Waals surface area contributed by atoms with Gasteiger partial charge < -0.3 is 24.2 Å². The van der Waals surface area contributed by atoms with Gasteiger partial charge in [0.1, 0.15) is 18.9 Å². The molecule has 1 aliphatic rings. The zero-order valence-electron chi connectivity index (χ0n) is 19.3. The SMILES string of the molecule is C=CCN(CC(=O)N1CCCN(c2ccc(-c3cccc(OC)c3)nn2)CC1)C(=O)COC. The van der Waals surface area contributed by atoms with Crippen molar-refractivity contribution in [2.75, 3.05) is 65.0 Å². The average molecular weight is 454 g/mol. The number of hydrogen-bond donors (Lipinski definition) is 0. The summed E-state index contributed by atoms with van der Waals surface area (Å²) in [7, 11) is 3.09. The van der Waals surface area contributed by atoms with E-state index >= 15 is 0 Å². The van der Waals surface area contributed by atoms with Crippen LogP contribution in [-0.4, -0.2) is 91.9 Å². The molecule has 2 aromatic rings. The van der Waals surface area contributed by atoms with Crippen LogP contribution < -0.4 is 9.64 Å². The zero-order chi connectivity index (χ0) is 23.6.